The van der Waals surface area contributed by atoms with Gasteiger partial charge in [0.25, 0.3) is 0 Å². The molecule has 0 amide bonds. The Morgan fingerprint density at radius 3 is 3.00 bits per heavy atom. The van der Waals surface area contributed by atoms with E-state index in [0.29, 0.717) is 18.7 Å². The molecule has 0 saturated heterocycles. The summed E-state index contributed by atoms with van der Waals surface area (Å²) >= 11 is 3.46. The summed E-state index contributed by atoms with van der Waals surface area (Å²) in [5.41, 5.74) is 8.30. The number of nitrogen functional groups attached to an aromatic ring is 1. The Bertz CT molecular complexity index is 581. The van der Waals surface area contributed by atoms with Crippen LogP contribution in [0, 0.1) is 0 Å². The van der Waals surface area contributed by atoms with E-state index in [4.69, 9.17) is 15.6 Å². The van der Waals surface area contributed by atoms with E-state index in [1.165, 1.54) is 0 Å². The maximum Gasteiger partial charge on any atom is 0.0743 e. The van der Waals surface area contributed by atoms with Crippen LogP contribution in [-0.2, 0) is 4.74 Å². The van der Waals surface area contributed by atoms with Gasteiger partial charge >= 0.3 is 0 Å². The van der Waals surface area contributed by atoms with Gasteiger partial charge < -0.3 is 20.9 Å². The van der Waals surface area contributed by atoms with Gasteiger partial charge in [-0.05, 0) is 24.6 Å². The van der Waals surface area contributed by atoms with Gasteiger partial charge in [0.15, 0.2) is 0 Å². The molecule has 0 fully saturated rings. The summed E-state index contributed by atoms with van der Waals surface area (Å²) in [6.07, 6.45) is 2.23. The van der Waals surface area contributed by atoms with Crippen molar-refractivity contribution in [2.45, 2.75) is 12.5 Å². The molecule has 0 radical (unpaired) electrons. The van der Waals surface area contributed by atoms with Crippen LogP contribution in [0.3, 0.4) is 0 Å². The molecule has 0 aliphatic carbocycles. The molecule has 20 heavy (non-hydrogen) atoms. The Kier molecular flexibility index (Phi) is 5.17. The third-order valence-corrected chi connectivity index (χ3v) is 3.55. The molecule has 4 N–H and O–H groups in total. The number of methoxy groups -OCH3 is 1. The summed E-state index contributed by atoms with van der Waals surface area (Å²) in [5.74, 6) is 0. The first-order valence-electron chi connectivity index (χ1n) is 6.35. The number of aliphatic hydroxyl groups excluding tert-OH is 1. The Labute approximate surface area is 126 Å². The zero-order chi connectivity index (χ0) is 14.5. The molecule has 2 rings (SSSR count). The summed E-state index contributed by atoms with van der Waals surface area (Å²) in [7, 11) is 1.64. The van der Waals surface area contributed by atoms with Gasteiger partial charge in [0.05, 0.1) is 35.7 Å². The van der Waals surface area contributed by atoms with Gasteiger partial charge in [-0.25, -0.2) is 0 Å². The standard InChI is InChI=1S/C14H18BrN3O2/c1-20-8-10(4-5-19)18-14-11-6-9(15)2-3-13(11)17-7-12(14)16/h2-3,6-7,10,19H,4-5,8,16H2,1H3,(H,17,18). The molecule has 1 aromatic carbocycles. The number of ether oxygens (including phenoxy) is 1. The fraction of sp³-hybridized carbons (Fsp3) is 0.357. The van der Waals surface area contributed by atoms with Crippen molar-refractivity contribution in [3.8, 4) is 0 Å². The van der Waals surface area contributed by atoms with E-state index in [9.17, 15) is 0 Å². The molecule has 0 saturated carbocycles. The minimum Gasteiger partial charge on any atom is -0.396 e. The number of nitrogens with one attached hydrogen (secondary N) is 1. The number of pyridine rings is 1. The second-order valence-corrected chi connectivity index (χ2v) is 5.47. The number of benzene rings is 1. The number of fused-ring (bicyclic) bond motifs is 1. The normalized spacial score (nSPS) is 12.6. The third kappa shape index (κ3) is 3.39. The molecule has 2 aromatic rings. The predicted octanol–water partition coefficient (Wildman–Crippen LogP) is 2.39. The third-order valence-electron chi connectivity index (χ3n) is 3.05. The first-order valence-corrected chi connectivity index (χ1v) is 7.15. The number of anilines is 2. The van der Waals surface area contributed by atoms with E-state index in [2.05, 4.69) is 26.2 Å². The summed E-state index contributed by atoms with van der Waals surface area (Å²) in [4.78, 5) is 4.32. The molecule has 6 heteroatoms. The van der Waals surface area contributed by atoms with Gasteiger partial charge in [0.1, 0.15) is 0 Å². The highest BCUT2D eigenvalue weighted by Gasteiger charge is 2.13. The van der Waals surface area contributed by atoms with E-state index in [0.717, 1.165) is 21.1 Å². The van der Waals surface area contributed by atoms with Crippen molar-refractivity contribution in [3.63, 3.8) is 0 Å². The van der Waals surface area contributed by atoms with Crippen LogP contribution >= 0.6 is 15.9 Å². The van der Waals surface area contributed by atoms with Gasteiger partial charge in [0, 0.05) is 23.6 Å². The lowest BCUT2D eigenvalue weighted by molar-refractivity contribution is 0.170. The predicted molar refractivity (Wildman–Crippen MR) is 84.8 cm³/mol. The molecular weight excluding hydrogens is 322 g/mol. The number of aliphatic hydroxyl groups is 1. The van der Waals surface area contributed by atoms with Crippen LogP contribution in [0.15, 0.2) is 28.9 Å². The first-order chi connectivity index (χ1) is 9.65. The van der Waals surface area contributed by atoms with Gasteiger partial charge in [0.2, 0.25) is 0 Å². The van der Waals surface area contributed by atoms with Crippen molar-refractivity contribution >= 4 is 38.2 Å². The quantitative estimate of drug-likeness (QED) is 0.752. The Hall–Kier alpha value is -1.37. The maximum atomic E-state index is 9.12. The molecule has 5 nitrogen and oxygen atoms in total. The largest absolute Gasteiger partial charge is 0.396 e. The van der Waals surface area contributed by atoms with E-state index in [-0.39, 0.29) is 12.6 Å². The first kappa shape index (κ1) is 15.0. The van der Waals surface area contributed by atoms with Crippen LogP contribution in [0.4, 0.5) is 11.4 Å². The number of hydrogen-bond acceptors (Lipinski definition) is 5. The SMILES string of the molecule is COCC(CCO)Nc1c(N)cnc2ccc(Br)cc12. The van der Waals surface area contributed by atoms with Crippen molar-refractivity contribution in [2.24, 2.45) is 0 Å². The van der Waals surface area contributed by atoms with Crippen molar-refractivity contribution < 1.29 is 9.84 Å². The number of nitrogens with two attached hydrogens (primary N) is 1. The summed E-state index contributed by atoms with van der Waals surface area (Å²) in [5, 5.41) is 13.4. The molecule has 0 bridgehead atoms. The summed E-state index contributed by atoms with van der Waals surface area (Å²) < 4.78 is 6.13. The van der Waals surface area contributed by atoms with Crippen molar-refractivity contribution in [1.29, 1.82) is 0 Å². The second kappa shape index (κ2) is 6.88. The van der Waals surface area contributed by atoms with Crippen LogP contribution < -0.4 is 11.1 Å². The number of rotatable bonds is 6. The Morgan fingerprint density at radius 2 is 2.30 bits per heavy atom. The zero-order valence-electron chi connectivity index (χ0n) is 11.3. The average molecular weight is 340 g/mol. The van der Waals surface area contributed by atoms with Crippen molar-refractivity contribution in [2.75, 3.05) is 31.4 Å². The topological polar surface area (TPSA) is 80.4 Å². The number of hydrogen-bond donors (Lipinski definition) is 3. The van der Waals surface area contributed by atoms with Crippen LogP contribution in [-0.4, -0.2) is 36.5 Å². The molecule has 1 unspecified atom stereocenters. The molecular formula is C14H18BrN3O2. The van der Waals surface area contributed by atoms with Gasteiger partial charge in [-0.2, -0.15) is 0 Å². The smallest absolute Gasteiger partial charge is 0.0743 e. The van der Waals surface area contributed by atoms with Crippen LogP contribution in [0.1, 0.15) is 6.42 Å². The number of nitrogens with zero attached hydrogens (tertiary/aromatic N) is 1. The molecule has 0 aliphatic heterocycles. The highest BCUT2D eigenvalue weighted by molar-refractivity contribution is 9.10. The minimum atomic E-state index is -0.00289. The molecule has 108 valence electrons. The summed E-state index contributed by atoms with van der Waals surface area (Å²) in [6.45, 7) is 0.589. The second-order valence-electron chi connectivity index (χ2n) is 4.56. The molecule has 0 spiro atoms. The zero-order valence-corrected chi connectivity index (χ0v) is 12.9. The van der Waals surface area contributed by atoms with Crippen LogP contribution in [0.2, 0.25) is 0 Å². The maximum absolute atomic E-state index is 9.12. The lowest BCUT2D eigenvalue weighted by Gasteiger charge is -2.20. The van der Waals surface area contributed by atoms with Crippen LogP contribution in [0.5, 0.6) is 0 Å². The van der Waals surface area contributed by atoms with E-state index in [1.54, 1.807) is 13.3 Å². The van der Waals surface area contributed by atoms with Gasteiger partial charge in [-0.15, -0.1) is 0 Å². The fourth-order valence-electron chi connectivity index (χ4n) is 2.10. The van der Waals surface area contributed by atoms with Crippen molar-refractivity contribution in [1.82, 2.24) is 4.98 Å². The van der Waals surface area contributed by atoms with E-state index >= 15 is 0 Å². The highest BCUT2D eigenvalue weighted by atomic mass is 79.9. The van der Waals surface area contributed by atoms with E-state index < -0.39 is 0 Å². The number of halogens is 1. The Morgan fingerprint density at radius 1 is 1.50 bits per heavy atom. The molecule has 1 heterocycles. The van der Waals surface area contributed by atoms with Crippen LogP contribution in [0.25, 0.3) is 10.9 Å². The lowest BCUT2D eigenvalue weighted by Crippen LogP contribution is -2.26. The Balaban J connectivity index is 2.40. The molecule has 0 aliphatic rings. The van der Waals surface area contributed by atoms with Crippen molar-refractivity contribution in [3.05, 3.63) is 28.9 Å². The van der Waals surface area contributed by atoms with Gasteiger partial charge in [-0.3, -0.25) is 4.98 Å². The van der Waals surface area contributed by atoms with Gasteiger partial charge in [-0.1, -0.05) is 15.9 Å². The highest BCUT2D eigenvalue weighted by Crippen LogP contribution is 2.30. The molecule has 1 aromatic heterocycles. The van der Waals surface area contributed by atoms with E-state index in [1.807, 2.05) is 18.2 Å². The summed E-state index contributed by atoms with van der Waals surface area (Å²) in [6, 6.07) is 5.85. The monoisotopic (exact) mass is 339 g/mol. The minimum absolute atomic E-state index is 0.00289. The fourth-order valence-corrected chi connectivity index (χ4v) is 2.46. The molecule has 1 atom stereocenters. The number of aromatic nitrogens is 1. The lowest BCUT2D eigenvalue weighted by atomic mass is 10.1. The average Bonchev–Trinajstić information content (AvgIpc) is 2.42.